The molecule has 0 aliphatic carbocycles. The highest BCUT2D eigenvalue weighted by molar-refractivity contribution is 7.13. The molecule has 138 valence electrons. The summed E-state index contributed by atoms with van der Waals surface area (Å²) < 4.78 is 2.30. The molecule has 0 saturated carbocycles. The van der Waals surface area contributed by atoms with E-state index in [9.17, 15) is 0 Å². The Hall–Kier alpha value is -2.46. The second-order valence-corrected chi connectivity index (χ2v) is 8.10. The van der Waals surface area contributed by atoms with E-state index in [0.717, 1.165) is 40.4 Å². The fourth-order valence-corrected chi connectivity index (χ4v) is 4.68. The Kier molecular flexibility index (Phi) is 4.83. The lowest BCUT2D eigenvalue weighted by molar-refractivity contribution is 0.600. The lowest BCUT2D eigenvalue weighted by atomic mass is 10.0. The van der Waals surface area contributed by atoms with E-state index in [1.807, 2.05) is 0 Å². The molecule has 0 unspecified atom stereocenters. The Morgan fingerprint density at radius 3 is 2.52 bits per heavy atom. The van der Waals surface area contributed by atoms with Gasteiger partial charge in [-0.3, -0.25) is 0 Å². The lowest BCUT2D eigenvalue weighted by Gasteiger charge is -2.10. The van der Waals surface area contributed by atoms with Crippen LogP contribution >= 0.6 is 11.3 Å². The molecule has 0 amide bonds. The van der Waals surface area contributed by atoms with Gasteiger partial charge in [0.1, 0.15) is 10.8 Å². The second kappa shape index (κ2) is 7.28. The number of rotatable bonds is 5. The highest BCUT2D eigenvalue weighted by Gasteiger charge is 2.16. The van der Waals surface area contributed by atoms with Crippen molar-refractivity contribution in [2.75, 3.05) is 0 Å². The van der Waals surface area contributed by atoms with Crippen molar-refractivity contribution in [2.45, 2.75) is 46.6 Å². The summed E-state index contributed by atoms with van der Waals surface area (Å²) >= 11 is 1.71. The molecule has 4 heteroatoms. The van der Waals surface area contributed by atoms with E-state index in [2.05, 4.69) is 80.1 Å². The molecule has 0 aliphatic heterocycles. The second-order valence-electron chi connectivity index (χ2n) is 7.24. The molecule has 2 aromatic heterocycles. The molecular weight excluding hydrogens is 350 g/mol. The number of aromatic nitrogens is 3. The summed E-state index contributed by atoms with van der Waals surface area (Å²) in [6.45, 7) is 8.69. The van der Waals surface area contributed by atoms with Crippen molar-refractivity contribution in [3.8, 4) is 10.6 Å². The molecule has 0 radical (unpaired) electrons. The summed E-state index contributed by atoms with van der Waals surface area (Å²) in [7, 11) is 0. The minimum Gasteiger partial charge on any atom is -0.326 e. The minimum atomic E-state index is 0.391. The lowest BCUT2D eigenvalue weighted by Crippen LogP contribution is -2.02. The zero-order valence-electron chi connectivity index (χ0n) is 16.4. The van der Waals surface area contributed by atoms with Crippen LogP contribution in [0, 0.1) is 6.92 Å². The van der Waals surface area contributed by atoms with Crippen molar-refractivity contribution < 1.29 is 0 Å². The minimum absolute atomic E-state index is 0.391. The zero-order valence-corrected chi connectivity index (χ0v) is 17.2. The highest BCUT2D eigenvalue weighted by atomic mass is 32.1. The maximum atomic E-state index is 4.95. The SMILES string of the molecule is CCc1ccccc1Cc1csc(-c2cccc3c2nc(C)n3C(C)C)n1. The number of thiazole rings is 1. The van der Waals surface area contributed by atoms with Crippen LogP contribution in [-0.4, -0.2) is 14.5 Å². The fourth-order valence-electron chi connectivity index (χ4n) is 3.84. The van der Waals surface area contributed by atoms with Crippen molar-refractivity contribution in [3.63, 3.8) is 0 Å². The van der Waals surface area contributed by atoms with Crippen LogP contribution in [0.15, 0.2) is 47.8 Å². The molecule has 0 saturated heterocycles. The van der Waals surface area contributed by atoms with Gasteiger partial charge in [0.25, 0.3) is 0 Å². The molecule has 27 heavy (non-hydrogen) atoms. The van der Waals surface area contributed by atoms with Gasteiger partial charge >= 0.3 is 0 Å². The van der Waals surface area contributed by atoms with Gasteiger partial charge in [0.05, 0.1) is 16.7 Å². The topological polar surface area (TPSA) is 30.7 Å². The first-order chi connectivity index (χ1) is 13.1. The van der Waals surface area contributed by atoms with Crippen molar-refractivity contribution >= 4 is 22.4 Å². The van der Waals surface area contributed by atoms with Gasteiger partial charge in [0.2, 0.25) is 0 Å². The molecule has 4 aromatic rings. The van der Waals surface area contributed by atoms with Gasteiger partial charge in [-0.15, -0.1) is 11.3 Å². The number of benzene rings is 2. The molecule has 2 aromatic carbocycles. The van der Waals surface area contributed by atoms with Gasteiger partial charge in [-0.2, -0.15) is 0 Å². The molecule has 2 heterocycles. The predicted octanol–water partition coefficient (Wildman–Crippen LogP) is 6.20. The average molecular weight is 376 g/mol. The number of fused-ring (bicyclic) bond motifs is 1. The van der Waals surface area contributed by atoms with Crippen LogP contribution in [0.25, 0.3) is 21.6 Å². The van der Waals surface area contributed by atoms with Gasteiger partial charge in [0.15, 0.2) is 0 Å². The zero-order chi connectivity index (χ0) is 19.0. The van der Waals surface area contributed by atoms with Crippen molar-refractivity contribution in [1.82, 2.24) is 14.5 Å². The fraction of sp³-hybridized carbons (Fsp3) is 0.304. The van der Waals surface area contributed by atoms with E-state index in [4.69, 9.17) is 9.97 Å². The van der Waals surface area contributed by atoms with E-state index >= 15 is 0 Å². The first-order valence-electron chi connectivity index (χ1n) is 9.57. The Labute approximate surface area is 164 Å². The van der Waals surface area contributed by atoms with E-state index in [0.29, 0.717) is 6.04 Å². The van der Waals surface area contributed by atoms with Crippen LogP contribution in [0.1, 0.15) is 49.5 Å². The molecule has 0 aliphatic rings. The van der Waals surface area contributed by atoms with E-state index in [-0.39, 0.29) is 0 Å². The number of para-hydroxylation sites is 1. The summed E-state index contributed by atoms with van der Waals surface area (Å²) in [4.78, 5) is 9.82. The molecule has 0 fully saturated rings. The Morgan fingerprint density at radius 1 is 1.00 bits per heavy atom. The van der Waals surface area contributed by atoms with Crippen LogP contribution in [-0.2, 0) is 12.8 Å². The number of imidazole rings is 1. The van der Waals surface area contributed by atoms with Crippen LogP contribution in [0.5, 0.6) is 0 Å². The molecular formula is C23H25N3S. The smallest absolute Gasteiger partial charge is 0.125 e. The first-order valence-corrected chi connectivity index (χ1v) is 10.5. The quantitative estimate of drug-likeness (QED) is 0.415. The third kappa shape index (κ3) is 3.30. The monoisotopic (exact) mass is 375 g/mol. The summed E-state index contributed by atoms with van der Waals surface area (Å²) in [5.74, 6) is 1.06. The van der Waals surface area contributed by atoms with E-state index in [1.54, 1.807) is 11.3 Å². The van der Waals surface area contributed by atoms with Crippen LogP contribution in [0.4, 0.5) is 0 Å². The molecule has 4 rings (SSSR count). The van der Waals surface area contributed by atoms with E-state index < -0.39 is 0 Å². The van der Waals surface area contributed by atoms with Crippen LogP contribution < -0.4 is 0 Å². The molecule has 0 atom stereocenters. The third-order valence-corrected chi connectivity index (χ3v) is 5.99. The summed E-state index contributed by atoms with van der Waals surface area (Å²) in [6, 6.07) is 15.5. The highest BCUT2D eigenvalue weighted by Crippen LogP contribution is 2.32. The average Bonchev–Trinajstić information content (AvgIpc) is 3.25. The Balaban J connectivity index is 1.73. The van der Waals surface area contributed by atoms with Gasteiger partial charge in [-0.1, -0.05) is 37.3 Å². The van der Waals surface area contributed by atoms with Gasteiger partial charge in [-0.05, 0) is 50.5 Å². The van der Waals surface area contributed by atoms with Crippen LogP contribution in [0.2, 0.25) is 0 Å². The number of hydrogen-bond acceptors (Lipinski definition) is 3. The summed E-state index contributed by atoms with van der Waals surface area (Å²) in [5.41, 5.74) is 7.28. The maximum Gasteiger partial charge on any atom is 0.125 e. The first kappa shape index (κ1) is 17.9. The Bertz CT molecular complexity index is 1090. The number of hydrogen-bond donors (Lipinski definition) is 0. The molecule has 0 spiro atoms. The van der Waals surface area contributed by atoms with Crippen molar-refractivity contribution in [2.24, 2.45) is 0 Å². The van der Waals surface area contributed by atoms with E-state index in [1.165, 1.54) is 16.6 Å². The largest absolute Gasteiger partial charge is 0.326 e. The molecule has 3 nitrogen and oxygen atoms in total. The van der Waals surface area contributed by atoms with Gasteiger partial charge < -0.3 is 4.57 Å². The van der Waals surface area contributed by atoms with Crippen molar-refractivity contribution in [3.05, 3.63) is 70.5 Å². The summed E-state index contributed by atoms with van der Waals surface area (Å²) in [6.07, 6.45) is 1.94. The Morgan fingerprint density at radius 2 is 1.78 bits per heavy atom. The van der Waals surface area contributed by atoms with Gasteiger partial charge in [-0.25, -0.2) is 9.97 Å². The van der Waals surface area contributed by atoms with Gasteiger partial charge in [0, 0.05) is 23.4 Å². The normalized spacial score (nSPS) is 11.6. The predicted molar refractivity (Wildman–Crippen MR) is 115 cm³/mol. The molecule has 0 N–H and O–H groups in total. The number of aryl methyl sites for hydroxylation is 2. The van der Waals surface area contributed by atoms with Crippen LogP contribution in [0.3, 0.4) is 0 Å². The standard InChI is InChI=1S/C23H25N3S/c1-5-17-9-6-7-10-18(17)13-19-14-27-23(25-19)20-11-8-12-21-22(20)24-16(4)26(21)15(2)3/h6-12,14-15H,5,13H2,1-4H3. The number of nitrogens with zero attached hydrogens (tertiary/aromatic N) is 3. The molecule has 0 bridgehead atoms. The third-order valence-electron chi connectivity index (χ3n) is 5.07. The summed E-state index contributed by atoms with van der Waals surface area (Å²) in [5, 5.41) is 3.24. The van der Waals surface area contributed by atoms with Crippen molar-refractivity contribution in [1.29, 1.82) is 0 Å². The maximum absolute atomic E-state index is 4.95.